The van der Waals surface area contributed by atoms with Crippen molar-refractivity contribution in [2.75, 3.05) is 10.2 Å². The number of nitrogens with two attached hydrogens (primary N) is 1. The summed E-state index contributed by atoms with van der Waals surface area (Å²) in [6, 6.07) is 6.85. The molecule has 0 unspecified atom stereocenters. The third-order valence-electron chi connectivity index (χ3n) is 4.18. The first-order valence-electron chi connectivity index (χ1n) is 8.01. The number of amides is 2. The summed E-state index contributed by atoms with van der Waals surface area (Å²) >= 11 is 5.57. The molecular weight excluding hydrogens is 435 g/mol. The summed E-state index contributed by atoms with van der Waals surface area (Å²) in [5.41, 5.74) is -1.07. The van der Waals surface area contributed by atoms with Crippen LogP contribution in [0, 0.1) is 0 Å². The molecule has 0 bridgehead atoms. The normalized spacial score (nSPS) is 17.7. The Bertz CT molecular complexity index is 1090. The lowest BCUT2D eigenvalue weighted by Gasteiger charge is -2.18. The van der Waals surface area contributed by atoms with Crippen molar-refractivity contribution in [1.82, 2.24) is 0 Å². The first-order chi connectivity index (χ1) is 13.4. The third-order valence-corrected chi connectivity index (χ3v) is 5.44. The molecule has 0 aromatic heterocycles. The second-order valence-corrected chi connectivity index (χ2v) is 8.17. The number of nitrogens with one attached hydrogen (secondary N) is 1. The standard InChI is InChI=1S/C17H13ClF3N3O4S/c18-13-6-3-10(7-12(13)17(19,20)21)24-15(25)8-14(16(24)26)23-9-1-4-11(5-2-9)29(22,27)28/h1-7,14,23H,8H2,(H2,22,27,28)/t14-/m1/s1. The van der Waals surface area contributed by atoms with Gasteiger partial charge < -0.3 is 5.32 Å². The number of halogens is 4. The fourth-order valence-corrected chi connectivity index (χ4v) is 3.57. The van der Waals surface area contributed by atoms with E-state index in [1.165, 1.54) is 24.3 Å². The number of benzene rings is 2. The molecule has 0 spiro atoms. The van der Waals surface area contributed by atoms with Crippen molar-refractivity contribution < 1.29 is 31.2 Å². The number of rotatable bonds is 4. The van der Waals surface area contributed by atoms with Crippen LogP contribution in [0.25, 0.3) is 0 Å². The van der Waals surface area contributed by atoms with E-state index >= 15 is 0 Å². The van der Waals surface area contributed by atoms with Gasteiger partial charge in [0.25, 0.3) is 5.91 Å². The predicted molar refractivity (Wildman–Crippen MR) is 98.8 cm³/mol. The highest BCUT2D eigenvalue weighted by Crippen LogP contribution is 2.38. The maximum Gasteiger partial charge on any atom is 0.417 e. The summed E-state index contributed by atoms with van der Waals surface area (Å²) in [6.07, 6.45) is -5.04. The first kappa shape index (κ1) is 21.1. The van der Waals surface area contributed by atoms with E-state index in [0.717, 1.165) is 12.1 Å². The molecule has 1 saturated heterocycles. The fraction of sp³-hybridized carbons (Fsp3) is 0.176. The number of anilines is 2. The van der Waals surface area contributed by atoms with E-state index in [2.05, 4.69) is 5.32 Å². The number of carbonyl (C=O) groups is 2. The van der Waals surface area contributed by atoms with Gasteiger partial charge in [0.1, 0.15) is 6.04 Å². The number of carbonyl (C=O) groups excluding carboxylic acids is 2. The lowest BCUT2D eigenvalue weighted by atomic mass is 10.1. The molecule has 1 aliphatic rings. The van der Waals surface area contributed by atoms with Gasteiger partial charge in [-0.05, 0) is 42.5 Å². The van der Waals surface area contributed by atoms with Crippen LogP contribution in [-0.4, -0.2) is 26.3 Å². The second kappa shape index (κ2) is 7.32. The molecule has 3 N–H and O–H groups in total. The fourth-order valence-electron chi connectivity index (χ4n) is 2.83. The molecule has 7 nitrogen and oxygen atoms in total. The van der Waals surface area contributed by atoms with Crippen molar-refractivity contribution in [3.05, 3.63) is 53.1 Å². The Labute approximate surface area is 168 Å². The van der Waals surface area contributed by atoms with E-state index in [9.17, 15) is 31.2 Å². The smallest absolute Gasteiger partial charge is 0.373 e. The van der Waals surface area contributed by atoms with E-state index in [0.29, 0.717) is 16.7 Å². The number of imide groups is 1. The average molecular weight is 448 g/mol. The Morgan fingerprint density at radius 3 is 2.28 bits per heavy atom. The summed E-state index contributed by atoms with van der Waals surface area (Å²) < 4.78 is 61.7. The highest BCUT2D eigenvalue weighted by molar-refractivity contribution is 7.89. The average Bonchev–Trinajstić information content (AvgIpc) is 2.88. The van der Waals surface area contributed by atoms with E-state index in [1.54, 1.807) is 0 Å². The second-order valence-electron chi connectivity index (χ2n) is 6.20. The Morgan fingerprint density at radius 2 is 1.72 bits per heavy atom. The molecule has 1 heterocycles. The number of primary sulfonamides is 1. The Kier molecular flexibility index (Phi) is 5.32. The highest BCUT2D eigenvalue weighted by atomic mass is 35.5. The predicted octanol–water partition coefficient (Wildman–Crippen LogP) is 2.75. The summed E-state index contributed by atoms with van der Waals surface area (Å²) in [6.45, 7) is 0. The molecule has 3 rings (SSSR count). The molecular formula is C17H13ClF3N3O4S. The Morgan fingerprint density at radius 1 is 1.10 bits per heavy atom. The molecule has 2 aromatic carbocycles. The zero-order valence-electron chi connectivity index (χ0n) is 14.4. The van der Waals surface area contributed by atoms with Crippen LogP contribution in [0.3, 0.4) is 0 Å². The molecule has 1 fully saturated rings. The monoisotopic (exact) mass is 447 g/mol. The quantitative estimate of drug-likeness (QED) is 0.700. The topological polar surface area (TPSA) is 110 Å². The molecule has 12 heteroatoms. The summed E-state index contributed by atoms with van der Waals surface area (Å²) in [5, 5.41) is 7.21. The Hall–Kier alpha value is -2.63. The van der Waals surface area contributed by atoms with Crippen LogP contribution in [0.15, 0.2) is 47.4 Å². The SMILES string of the molecule is NS(=O)(=O)c1ccc(N[C@@H]2CC(=O)N(c3ccc(Cl)c(C(F)(F)F)c3)C2=O)cc1. The molecule has 0 radical (unpaired) electrons. The van der Waals surface area contributed by atoms with Gasteiger partial charge in [0.15, 0.2) is 0 Å². The summed E-state index contributed by atoms with van der Waals surface area (Å²) in [5.74, 6) is -1.44. The maximum absolute atomic E-state index is 13.1. The molecule has 2 amide bonds. The van der Waals surface area contributed by atoms with Crippen LogP contribution in [-0.2, 0) is 25.8 Å². The third kappa shape index (κ3) is 4.36. The van der Waals surface area contributed by atoms with Crippen molar-refractivity contribution in [1.29, 1.82) is 0 Å². The van der Waals surface area contributed by atoms with Gasteiger partial charge in [0, 0.05) is 5.69 Å². The number of alkyl halides is 3. The van der Waals surface area contributed by atoms with Crippen LogP contribution in [0.5, 0.6) is 0 Å². The summed E-state index contributed by atoms with van der Waals surface area (Å²) in [7, 11) is -3.89. The van der Waals surface area contributed by atoms with Gasteiger partial charge >= 0.3 is 6.18 Å². The van der Waals surface area contributed by atoms with Crippen molar-refractivity contribution in [2.24, 2.45) is 5.14 Å². The minimum absolute atomic E-state index is 0.139. The summed E-state index contributed by atoms with van der Waals surface area (Å²) in [4.78, 5) is 25.4. The van der Waals surface area contributed by atoms with E-state index in [1.807, 2.05) is 0 Å². The van der Waals surface area contributed by atoms with E-state index in [4.69, 9.17) is 16.7 Å². The van der Waals surface area contributed by atoms with Gasteiger partial charge in [0.05, 0.1) is 27.6 Å². The van der Waals surface area contributed by atoms with Crippen molar-refractivity contribution >= 4 is 44.8 Å². The van der Waals surface area contributed by atoms with Crippen molar-refractivity contribution in [3.63, 3.8) is 0 Å². The van der Waals surface area contributed by atoms with Crippen LogP contribution < -0.4 is 15.4 Å². The minimum atomic E-state index is -4.75. The van der Waals surface area contributed by atoms with Crippen molar-refractivity contribution in [2.45, 2.75) is 23.5 Å². The van der Waals surface area contributed by atoms with Gasteiger partial charge in [-0.2, -0.15) is 13.2 Å². The zero-order chi connectivity index (χ0) is 21.6. The number of nitrogens with zero attached hydrogens (tertiary/aromatic N) is 1. The Balaban J connectivity index is 1.83. The number of hydrogen-bond acceptors (Lipinski definition) is 5. The van der Waals surface area contributed by atoms with Crippen LogP contribution in [0.1, 0.15) is 12.0 Å². The van der Waals surface area contributed by atoms with E-state index in [-0.39, 0.29) is 17.0 Å². The molecule has 0 aliphatic carbocycles. The van der Waals surface area contributed by atoms with Gasteiger partial charge in [-0.15, -0.1) is 0 Å². The number of sulfonamides is 1. The lowest BCUT2D eigenvalue weighted by molar-refractivity contribution is -0.137. The molecule has 29 heavy (non-hydrogen) atoms. The van der Waals surface area contributed by atoms with Crippen LogP contribution >= 0.6 is 11.6 Å². The lowest BCUT2D eigenvalue weighted by Crippen LogP contribution is -2.35. The number of hydrogen-bond donors (Lipinski definition) is 2. The van der Waals surface area contributed by atoms with Crippen molar-refractivity contribution in [3.8, 4) is 0 Å². The first-order valence-corrected chi connectivity index (χ1v) is 9.93. The van der Waals surface area contributed by atoms with Gasteiger partial charge in [-0.25, -0.2) is 18.5 Å². The molecule has 154 valence electrons. The minimum Gasteiger partial charge on any atom is -0.373 e. The van der Waals surface area contributed by atoms with Crippen LogP contribution in [0.4, 0.5) is 24.5 Å². The van der Waals surface area contributed by atoms with E-state index < -0.39 is 44.6 Å². The van der Waals surface area contributed by atoms with Gasteiger partial charge in [0.2, 0.25) is 15.9 Å². The van der Waals surface area contributed by atoms with Gasteiger partial charge in [-0.1, -0.05) is 11.6 Å². The zero-order valence-corrected chi connectivity index (χ0v) is 16.0. The molecule has 2 aromatic rings. The largest absolute Gasteiger partial charge is 0.417 e. The molecule has 1 atom stereocenters. The molecule has 0 saturated carbocycles. The van der Waals surface area contributed by atoms with Crippen LogP contribution in [0.2, 0.25) is 5.02 Å². The highest BCUT2D eigenvalue weighted by Gasteiger charge is 2.41. The maximum atomic E-state index is 13.1. The van der Waals surface area contributed by atoms with Gasteiger partial charge in [-0.3, -0.25) is 9.59 Å². The molecule has 1 aliphatic heterocycles.